The molecule has 1 spiro atoms. The van der Waals surface area contributed by atoms with Crippen LogP contribution in [0.5, 0.6) is 0 Å². The molecule has 82 valence electrons. The molecule has 0 aromatic rings. The second-order valence-electron chi connectivity index (χ2n) is 4.64. The van der Waals surface area contributed by atoms with Gasteiger partial charge in [-0.15, -0.1) is 0 Å². The van der Waals surface area contributed by atoms with Gasteiger partial charge in [0.05, 0.1) is 0 Å². The van der Waals surface area contributed by atoms with Crippen molar-refractivity contribution in [3.05, 3.63) is 0 Å². The molecule has 5 heteroatoms. The number of rotatable bonds is 0. The average molecular weight is 209 g/mol. The van der Waals surface area contributed by atoms with Crippen molar-refractivity contribution in [3.8, 4) is 0 Å². The SMILES string of the molecule is O=C1NC(=O)C2(N1)C1CCCN2CCC1. The van der Waals surface area contributed by atoms with E-state index < -0.39 is 5.66 Å². The Morgan fingerprint density at radius 1 is 1.20 bits per heavy atom. The van der Waals surface area contributed by atoms with Gasteiger partial charge in [0, 0.05) is 19.0 Å². The van der Waals surface area contributed by atoms with Crippen LogP contribution in [-0.2, 0) is 4.79 Å². The van der Waals surface area contributed by atoms with Crippen LogP contribution in [0, 0.1) is 5.92 Å². The largest absolute Gasteiger partial charge is 0.323 e. The first-order valence-electron chi connectivity index (χ1n) is 5.62. The summed E-state index contributed by atoms with van der Waals surface area (Å²) < 4.78 is 0. The minimum absolute atomic E-state index is 0.142. The van der Waals surface area contributed by atoms with Crippen LogP contribution >= 0.6 is 0 Å². The van der Waals surface area contributed by atoms with Crippen LogP contribution in [0.1, 0.15) is 25.7 Å². The molecule has 2 bridgehead atoms. The third kappa shape index (κ3) is 1.07. The topological polar surface area (TPSA) is 61.4 Å². The first-order valence-corrected chi connectivity index (χ1v) is 5.62. The fraction of sp³-hybridized carbons (Fsp3) is 0.800. The Balaban J connectivity index is 2.01. The number of carbonyl (C=O) groups excluding carboxylic acids is 2. The Morgan fingerprint density at radius 3 is 2.33 bits per heavy atom. The van der Waals surface area contributed by atoms with E-state index in [0.717, 1.165) is 38.8 Å². The second kappa shape index (κ2) is 2.95. The molecule has 3 fully saturated rings. The van der Waals surface area contributed by atoms with Crippen molar-refractivity contribution in [1.82, 2.24) is 15.5 Å². The van der Waals surface area contributed by atoms with Crippen molar-refractivity contribution < 1.29 is 9.59 Å². The Bertz CT molecular complexity index is 307. The summed E-state index contributed by atoms with van der Waals surface area (Å²) in [5, 5.41) is 5.22. The van der Waals surface area contributed by atoms with Gasteiger partial charge in [-0.25, -0.2) is 4.79 Å². The van der Waals surface area contributed by atoms with Crippen molar-refractivity contribution >= 4 is 11.9 Å². The van der Waals surface area contributed by atoms with E-state index >= 15 is 0 Å². The zero-order valence-corrected chi connectivity index (χ0v) is 8.58. The van der Waals surface area contributed by atoms with Crippen LogP contribution in [0.4, 0.5) is 4.79 Å². The Labute approximate surface area is 88.2 Å². The fourth-order valence-electron chi connectivity index (χ4n) is 3.31. The van der Waals surface area contributed by atoms with Crippen molar-refractivity contribution in [2.24, 2.45) is 5.92 Å². The minimum atomic E-state index is -0.701. The second-order valence-corrected chi connectivity index (χ2v) is 4.64. The first-order chi connectivity index (χ1) is 7.23. The van der Waals surface area contributed by atoms with Crippen LogP contribution in [0.15, 0.2) is 0 Å². The third-order valence-corrected chi connectivity index (χ3v) is 3.93. The van der Waals surface area contributed by atoms with Gasteiger partial charge in [0.1, 0.15) is 0 Å². The number of urea groups is 1. The molecule has 0 aromatic carbocycles. The number of nitrogens with one attached hydrogen (secondary N) is 2. The standard InChI is InChI=1S/C10H15N3O2/c14-8-10(12-9(15)11-8)7-3-1-5-13(10)6-2-4-7/h7H,1-6H2,(H2,11,12,14,15). The molecule has 3 heterocycles. The van der Waals surface area contributed by atoms with Crippen molar-refractivity contribution in [2.45, 2.75) is 31.3 Å². The van der Waals surface area contributed by atoms with Crippen LogP contribution < -0.4 is 10.6 Å². The van der Waals surface area contributed by atoms with Crippen LogP contribution in [0.25, 0.3) is 0 Å². The smallest absolute Gasteiger partial charge is 0.311 e. The average Bonchev–Trinajstić information content (AvgIpc) is 2.41. The maximum Gasteiger partial charge on any atom is 0.323 e. The number of amides is 3. The molecule has 2 N–H and O–H groups in total. The highest BCUT2D eigenvalue weighted by Gasteiger charge is 2.58. The molecule has 5 nitrogen and oxygen atoms in total. The zero-order valence-electron chi connectivity index (χ0n) is 8.58. The zero-order chi connectivity index (χ0) is 10.5. The van der Waals surface area contributed by atoms with E-state index in [1.165, 1.54) is 0 Å². The van der Waals surface area contributed by atoms with Gasteiger partial charge in [-0.1, -0.05) is 0 Å². The molecular weight excluding hydrogens is 194 g/mol. The molecule has 0 saturated carbocycles. The highest BCUT2D eigenvalue weighted by atomic mass is 16.2. The van der Waals surface area contributed by atoms with E-state index in [-0.39, 0.29) is 11.9 Å². The lowest BCUT2D eigenvalue weighted by Gasteiger charge is -2.50. The summed E-state index contributed by atoms with van der Waals surface area (Å²) in [6, 6.07) is -0.334. The van der Waals surface area contributed by atoms with E-state index in [1.54, 1.807) is 0 Å². The van der Waals surface area contributed by atoms with Gasteiger partial charge in [0.2, 0.25) is 0 Å². The van der Waals surface area contributed by atoms with Gasteiger partial charge in [-0.05, 0) is 25.7 Å². The van der Waals surface area contributed by atoms with Crippen LogP contribution in [0.2, 0.25) is 0 Å². The normalized spacial score (nSPS) is 44.0. The van der Waals surface area contributed by atoms with Gasteiger partial charge < -0.3 is 5.32 Å². The molecule has 0 radical (unpaired) electrons. The Morgan fingerprint density at radius 2 is 1.87 bits per heavy atom. The molecule has 3 aliphatic heterocycles. The number of imide groups is 1. The number of nitrogens with zero attached hydrogens (tertiary/aromatic N) is 1. The van der Waals surface area contributed by atoms with Crippen molar-refractivity contribution in [3.63, 3.8) is 0 Å². The summed E-state index contributed by atoms with van der Waals surface area (Å²) in [6.07, 6.45) is 4.36. The van der Waals surface area contributed by atoms with Crippen molar-refractivity contribution in [1.29, 1.82) is 0 Å². The van der Waals surface area contributed by atoms with E-state index in [4.69, 9.17) is 0 Å². The number of piperidine rings is 2. The van der Waals surface area contributed by atoms with Gasteiger partial charge >= 0.3 is 6.03 Å². The molecule has 3 rings (SSSR count). The molecule has 3 amide bonds. The highest BCUT2D eigenvalue weighted by Crippen LogP contribution is 2.40. The van der Waals surface area contributed by atoms with Crippen LogP contribution in [-0.4, -0.2) is 35.6 Å². The number of hydrogen-bond donors (Lipinski definition) is 2. The molecule has 3 saturated heterocycles. The van der Waals surface area contributed by atoms with E-state index in [2.05, 4.69) is 15.5 Å². The predicted octanol–water partition coefficient (Wildman–Crippen LogP) is 0.0279. The van der Waals surface area contributed by atoms with E-state index in [1.807, 2.05) is 0 Å². The summed E-state index contributed by atoms with van der Waals surface area (Å²) in [4.78, 5) is 25.4. The van der Waals surface area contributed by atoms with Gasteiger partial charge in [-0.2, -0.15) is 0 Å². The lowest BCUT2D eigenvalue weighted by Crippen LogP contribution is -2.69. The van der Waals surface area contributed by atoms with E-state index in [0.29, 0.717) is 5.92 Å². The molecular formula is C10H15N3O2. The molecule has 0 aromatic heterocycles. The highest BCUT2D eigenvalue weighted by molar-refractivity contribution is 6.07. The molecule has 15 heavy (non-hydrogen) atoms. The lowest BCUT2D eigenvalue weighted by molar-refractivity contribution is -0.142. The quantitative estimate of drug-likeness (QED) is 0.553. The summed E-state index contributed by atoms with van der Waals surface area (Å²) in [5.41, 5.74) is -0.701. The van der Waals surface area contributed by atoms with Gasteiger partial charge in [-0.3, -0.25) is 15.0 Å². The summed E-state index contributed by atoms with van der Waals surface area (Å²) in [7, 11) is 0. The van der Waals surface area contributed by atoms with Gasteiger partial charge in [0.25, 0.3) is 5.91 Å². The molecule has 0 aliphatic carbocycles. The van der Waals surface area contributed by atoms with Gasteiger partial charge in [0.15, 0.2) is 5.66 Å². The van der Waals surface area contributed by atoms with Crippen molar-refractivity contribution in [2.75, 3.05) is 13.1 Å². The van der Waals surface area contributed by atoms with E-state index in [9.17, 15) is 9.59 Å². The lowest BCUT2D eigenvalue weighted by atomic mass is 9.77. The maximum atomic E-state index is 11.9. The summed E-state index contributed by atoms with van der Waals surface area (Å²) in [6.45, 7) is 1.84. The number of hydrogen-bond acceptors (Lipinski definition) is 3. The Hall–Kier alpha value is -1.10. The molecule has 1 unspecified atom stereocenters. The monoisotopic (exact) mass is 209 g/mol. The Kier molecular flexibility index (Phi) is 1.80. The number of carbonyl (C=O) groups is 2. The molecule has 1 atom stereocenters. The molecule has 3 aliphatic rings. The fourth-order valence-corrected chi connectivity index (χ4v) is 3.31. The summed E-state index contributed by atoms with van der Waals surface area (Å²) >= 11 is 0. The third-order valence-electron chi connectivity index (χ3n) is 3.93. The van der Waals surface area contributed by atoms with Crippen LogP contribution in [0.3, 0.4) is 0 Å². The predicted molar refractivity (Wildman–Crippen MR) is 52.9 cm³/mol. The maximum absolute atomic E-state index is 11.9. The summed E-state index contributed by atoms with van der Waals surface area (Å²) in [5.74, 6) is 0.156. The minimum Gasteiger partial charge on any atom is -0.311 e. The first kappa shape index (κ1) is 9.15.